The molecule has 1 aromatic carbocycles. The molecule has 3 heterocycles. The Kier molecular flexibility index (Phi) is 5.27. The number of nitrogens with one attached hydrogen (secondary N) is 1. The van der Waals surface area contributed by atoms with Crippen LogP contribution >= 0.6 is 0 Å². The van der Waals surface area contributed by atoms with E-state index in [1.165, 1.54) is 12.7 Å². The Labute approximate surface area is 163 Å². The van der Waals surface area contributed by atoms with Crippen LogP contribution in [0.1, 0.15) is 31.4 Å². The fourth-order valence-corrected chi connectivity index (χ4v) is 3.49. The van der Waals surface area contributed by atoms with Gasteiger partial charge in [0, 0.05) is 25.1 Å². The van der Waals surface area contributed by atoms with Crippen LogP contribution in [0.3, 0.4) is 0 Å². The van der Waals surface area contributed by atoms with Gasteiger partial charge in [0.2, 0.25) is 5.91 Å². The van der Waals surface area contributed by atoms with Crippen molar-refractivity contribution in [2.75, 3.05) is 18.0 Å². The molecular weight excluding hydrogens is 354 g/mol. The first kappa shape index (κ1) is 18.1. The fourth-order valence-electron chi connectivity index (χ4n) is 3.49. The van der Waals surface area contributed by atoms with Crippen LogP contribution in [0.4, 0.5) is 5.82 Å². The van der Waals surface area contributed by atoms with Crippen molar-refractivity contribution < 1.29 is 4.79 Å². The summed E-state index contributed by atoms with van der Waals surface area (Å²) in [5.41, 5.74) is 1.12. The molecule has 0 unspecified atom stereocenters. The zero-order valence-electron chi connectivity index (χ0n) is 15.8. The van der Waals surface area contributed by atoms with Crippen LogP contribution in [0.15, 0.2) is 55.4 Å². The monoisotopic (exact) mass is 377 g/mol. The number of amides is 1. The number of carbonyl (C=O) groups excluding carboxylic acids is 1. The number of piperidine rings is 1. The van der Waals surface area contributed by atoms with Gasteiger partial charge in [-0.2, -0.15) is 5.10 Å². The molecule has 1 N–H and O–H groups in total. The van der Waals surface area contributed by atoms with E-state index in [0.29, 0.717) is 5.82 Å². The maximum atomic E-state index is 12.7. The Morgan fingerprint density at radius 3 is 2.57 bits per heavy atom. The minimum Gasteiger partial charge on any atom is -0.356 e. The van der Waals surface area contributed by atoms with Crippen molar-refractivity contribution in [1.82, 2.24) is 30.0 Å². The number of rotatable bonds is 5. The Hall–Kier alpha value is -3.29. The highest BCUT2D eigenvalue weighted by Crippen LogP contribution is 2.23. The first-order valence-electron chi connectivity index (χ1n) is 9.48. The second-order valence-electron chi connectivity index (χ2n) is 6.98. The van der Waals surface area contributed by atoms with Crippen LogP contribution in [0.5, 0.6) is 0 Å². The van der Waals surface area contributed by atoms with Gasteiger partial charge in [-0.05, 0) is 25.3 Å². The van der Waals surface area contributed by atoms with E-state index in [1.54, 1.807) is 11.0 Å². The summed E-state index contributed by atoms with van der Waals surface area (Å²) >= 11 is 0. The van der Waals surface area contributed by atoms with Crippen molar-refractivity contribution in [3.05, 3.63) is 60.9 Å². The zero-order chi connectivity index (χ0) is 19.3. The lowest BCUT2D eigenvalue weighted by molar-refractivity contribution is -0.126. The van der Waals surface area contributed by atoms with E-state index in [1.807, 2.05) is 43.3 Å². The summed E-state index contributed by atoms with van der Waals surface area (Å²) in [4.78, 5) is 27.4. The van der Waals surface area contributed by atoms with Crippen LogP contribution in [0.2, 0.25) is 0 Å². The van der Waals surface area contributed by atoms with E-state index in [-0.39, 0.29) is 17.9 Å². The smallest absolute Gasteiger partial charge is 0.223 e. The van der Waals surface area contributed by atoms with Crippen molar-refractivity contribution in [2.24, 2.45) is 5.92 Å². The van der Waals surface area contributed by atoms with Gasteiger partial charge < -0.3 is 10.2 Å². The largest absolute Gasteiger partial charge is 0.356 e. The molecule has 4 rings (SSSR count). The summed E-state index contributed by atoms with van der Waals surface area (Å²) in [6, 6.07) is 11.9. The van der Waals surface area contributed by atoms with Gasteiger partial charge in [-0.3, -0.25) is 4.79 Å². The summed E-state index contributed by atoms with van der Waals surface area (Å²) in [5, 5.41) is 7.25. The van der Waals surface area contributed by atoms with E-state index in [2.05, 4.69) is 30.3 Å². The molecular formula is C20H23N7O. The zero-order valence-corrected chi connectivity index (χ0v) is 15.8. The predicted octanol–water partition coefficient (Wildman–Crippen LogP) is 2.15. The van der Waals surface area contributed by atoms with E-state index >= 15 is 0 Å². The van der Waals surface area contributed by atoms with Crippen LogP contribution in [0, 0.1) is 5.92 Å². The molecule has 1 fully saturated rings. The number of carbonyl (C=O) groups is 1. The minimum atomic E-state index is 0.0128. The first-order valence-corrected chi connectivity index (χ1v) is 9.48. The van der Waals surface area contributed by atoms with Crippen molar-refractivity contribution in [2.45, 2.75) is 25.8 Å². The van der Waals surface area contributed by atoms with Gasteiger partial charge in [0.05, 0.1) is 6.04 Å². The molecule has 8 heteroatoms. The molecule has 28 heavy (non-hydrogen) atoms. The Morgan fingerprint density at radius 2 is 1.86 bits per heavy atom. The molecule has 1 aliphatic rings. The lowest BCUT2D eigenvalue weighted by Gasteiger charge is -2.32. The molecule has 2 aromatic heterocycles. The molecule has 0 radical (unpaired) electrons. The van der Waals surface area contributed by atoms with Gasteiger partial charge in [-0.15, -0.1) is 0 Å². The van der Waals surface area contributed by atoms with E-state index in [4.69, 9.17) is 0 Å². The molecule has 0 saturated carbocycles. The number of hydrogen-bond donors (Lipinski definition) is 1. The summed E-state index contributed by atoms with van der Waals surface area (Å²) in [7, 11) is 0. The quantitative estimate of drug-likeness (QED) is 0.733. The highest BCUT2D eigenvalue weighted by molar-refractivity contribution is 5.79. The summed E-state index contributed by atoms with van der Waals surface area (Å²) in [6.07, 6.45) is 6.22. The van der Waals surface area contributed by atoms with E-state index in [9.17, 15) is 4.79 Å². The highest BCUT2D eigenvalue weighted by Gasteiger charge is 2.26. The normalized spacial score (nSPS) is 16.0. The van der Waals surface area contributed by atoms with Crippen molar-refractivity contribution >= 4 is 11.7 Å². The Balaban J connectivity index is 1.34. The van der Waals surface area contributed by atoms with Gasteiger partial charge in [0.15, 0.2) is 5.82 Å². The minimum absolute atomic E-state index is 0.0128. The summed E-state index contributed by atoms with van der Waals surface area (Å²) in [6.45, 7) is 3.59. The number of hydrogen-bond acceptors (Lipinski definition) is 6. The SMILES string of the molecule is C[C@H](NC(=O)C1CCN(c2cc(-n3cncn3)ncn2)CC1)c1ccccc1. The van der Waals surface area contributed by atoms with E-state index < -0.39 is 0 Å². The maximum absolute atomic E-state index is 12.7. The van der Waals surface area contributed by atoms with E-state index in [0.717, 1.165) is 37.3 Å². The van der Waals surface area contributed by atoms with Crippen molar-refractivity contribution in [3.8, 4) is 5.82 Å². The van der Waals surface area contributed by atoms with Crippen LogP contribution < -0.4 is 10.2 Å². The van der Waals surface area contributed by atoms with Gasteiger partial charge >= 0.3 is 0 Å². The fraction of sp³-hybridized carbons (Fsp3) is 0.350. The molecule has 0 bridgehead atoms. The Morgan fingerprint density at radius 1 is 1.11 bits per heavy atom. The molecule has 1 atom stereocenters. The van der Waals surface area contributed by atoms with Crippen LogP contribution in [-0.2, 0) is 4.79 Å². The first-order chi connectivity index (χ1) is 13.7. The van der Waals surface area contributed by atoms with Gasteiger partial charge in [-0.25, -0.2) is 19.6 Å². The molecule has 0 spiro atoms. The molecule has 144 valence electrons. The summed E-state index contributed by atoms with van der Waals surface area (Å²) < 4.78 is 1.61. The second-order valence-corrected chi connectivity index (χ2v) is 6.98. The maximum Gasteiger partial charge on any atom is 0.223 e. The highest BCUT2D eigenvalue weighted by atomic mass is 16.1. The molecule has 1 saturated heterocycles. The molecule has 3 aromatic rings. The molecule has 8 nitrogen and oxygen atoms in total. The molecule has 1 amide bonds. The van der Waals surface area contributed by atoms with Crippen LogP contribution in [-0.4, -0.2) is 43.7 Å². The molecule has 1 aliphatic heterocycles. The lowest BCUT2D eigenvalue weighted by Crippen LogP contribution is -2.41. The van der Waals surface area contributed by atoms with Gasteiger partial charge in [0.1, 0.15) is 24.8 Å². The number of benzene rings is 1. The van der Waals surface area contributed by atoms with Gasteiger partial charge in [0.25, 0.3) is 0 Å². The average Bonchev–Trinajstić information content (AvgIpc) is 3.29. The second kappa shape index (κ2) is 8.16. The standard InChI is InChI=1S/C20H23N7O/c1-15(16-5-3-2-4-6-16)25-20(28)17-7-9-26(10-8-17)18-11-19(23-13-22-18)27-14-21-12-24-27/h2-6,11-15,17H,7-10H2,1H3,(H,25,28)/t15-/m0/s1. The summed E-state index contributed by atoms with van der Waals surface area (Å²) in [5.74, 6) is 1.68. The van der Waals surface area contributed by atoms with Crippen molar-refractivity contribution in [1.29, 1.82) is 0 Å². The van der Waals surface area contributed by atoms with Gasteiger partial charge in [-0.1, -0.05) is 30.3 Å². The number of nitrogens with zero attached hydrogens (tertiary/aromatic N) is 6. The third-order valence-electron chi connectivity index (χ3n) is 5.14. The third kappa shape index (κ3) is 4.00. The van der Waals surface area contributed by atoms with Crippen LogP contribution in [0.25, 0.3) is 5.82 Å². The number of anilines is 1. The predicted molar refractivity (Wildman–Crippen MR) is 105 cm³/mol. The Bertz CT molecular complexity index is 905. The third-order valence-corrected chi connectivity index (χ3v) is 5.14. The lowest BCUT2D eigenvalue weighted by atomic mass is 9.95. The average molecular weight is 377 g/mol. The topological polar surface area (TPSA) is 88.8 Å². The molecule has 0 aliphatic carbocycles. The number of aromatic nitrogens is 5. The van der Waals surface area contributed by atoms with Crippen molar-refractivity contribution in [3.63, 3.8) is 0 Å².